The lowest BCUT2D eigenvalue weighted by molar-refractivity contribution is 0.359. The fourth-order valence-electron chi connectivity index (χ4n) is 1.12. The first kappa shape index (κ1) is 11.4. The quantitative estimate of drug-likeness (QED) is 0.840. The Kier molecular flexibility index (Phi) is 3.24. The van der Waals surface area contributed by atoms with Gasteiger partial charge in [0, 0.05) is 0 Å². The number of aromatic nitrogens is 3. The predicted molar refractivity (Wildman–Crippen MR) is 62.3 cm³/mol. The minimum Gasteiger partial charge on any atom is -0.467 e. The lowest BCUT2D eigenvalue weighted by Gasteiger charge is -2.06. The normalized spacial score (nSPS) is 10.0. The van der Waals surface area contributed by atoms with E-state index in [0.717, 1.165) is 0 Å². The molecule has 0 bridgehead atoms. The van der Waals surface area contributed by atoms with E-state index in [-0.39, 0.29) is 17.3 Å². The zero-order valence-electron chi connectivity index (χ0n) is 8.92. The Morgan fingerprint density at radius 1 is 1.12 bits per heavy atom. The van der Waals surface area contributed by atoms with Crippen LogP contribution in [0.5, 0.6) is 17.8 Å². The summed E-state index contributed by atoms with van der Waals surface area (Å²) >= 11 is 5.68. The number of nitrogens with zero attached hydrogens (tertiary/aromatic N) is 3. The molecule has 0 aliphatic heterocycles. The van der Waals surface area contributed by atoms with Crippen molar-refractivity contribution in [2.45, 2.75) is 0 Å². The van der Waals surface area contributed by atoms with E-state index in [2.05, 4.69) is 15.0 Å². The number of nitrogen functional groups attached to an aromatic ring is 1. The molecule has 6 nitrogen and oxygen atoms in total. The Hall–Kier alpha value is -2.08. The molecule has 0 spiro atoms. The predicted octanol–water partition coefficient (Wildman–Crippen LogP) is 1.91. The molecule has 0 saturated heterocycles. The SMILES string of the molecule is COc1nc(Cl)nc(Oc2ccccc2N)n1. The number of ether oxygens (including phenoxy) is 2. The largest absolute Gasteiger partial charge is 0.467 e. The molecular weight excluding hydrogens is 244 g/mol. The average molecular weight is 253 g/mol. The second-order valence-corrected chi connectivity index (χ2v) is 3.35. The van der Waals surface area contributed by atoms with Gasteiger partial charge in [0.1, 0.15) is 0 Å². The van der Waals surface area contributed by atoms with Gasteiger partial charge in [-0.1, -0.05) is 12.1 Å². The van der Waals surface area contributed by atoms with Crippen LogP contribution in [0.15, 0.2) is 24.3 Å². The summed E-state index contributed by atoms with van der Waals surface area (Å²) in [6.07, 6.45) is 0. The second-order valence-electron chi connectivity index (χ2n) is 3.01. The van der Waals surface area contributed by atoms with Gasteiger partial charge in [-0.15, -0.1) is 4.98 Å². The van der Waals surface area contributed by atoms with Crippen molar-refractivity contribution >= 4 is 17.3 Å². The van der Waals surface area contributed by atoms with Gasteiger partial charge in [0.25, 0.3) is 0 Å². The number of anilines is 1. The lowest BCUT2D eigenvalue weighted by atomic mass is 10.3. The molecule has 1 aromatic carbocycles. The van der Waals surface area contributed by atoms with Gasteiger partial charge >= 0.3 is 12.0 Å². The highest BCUT2D eigenvalue weighted by Crippen LogP contribution is 2.25. The highest BCUT2D eigenvalue weighted by atomic mass is 35.5. The fraction of sp³-hybridized carbons (Fsp3) is 0.100. The Morgan fingerprint density at radius 2 is 1.82 bits per heavy atom. The Balaban J connectivity index is 2.30. The first-order valence-electron chi connectivity index (χ1n) is 4.67. The molecule has 0 saturated carbocycles. The first-order chi connectivity index (χ1) is 8.19. The minimum absolute atomic E-state index is 0.0126. The summed E-state index contributed by atoms with van der Waals surface area (Å²) in [5.41, 5.74) is 6.19. The van der Waals surface area contributed by atoms with Gasteiger partial charge in [0.2, 0.25) is 5.28 Å². The number of rotatable bonds is 3. The maximum atomic E-state index is 5.72. The number of hydrogen-bond acceptors (Lipinski definition) is 6. The van der Waals surface area contributed by atoms with E-state index in [1.54, 1.807) is 24.3 Å². The van der Waals surface area contributed by atoms with Crippen LogP contribution in [-0.2, 0) is 0 Å². The monoisotopic (exact) mass is 252 g/mol. The standard InChI is InChI=1S/C10H9ClN4O2/c1-16-9-13-8(11)14-10(15-9)17-7-5-3-2-4-6(7)12/h2-5H,12H2,1H3. The summed E-state index contributed by atoms with van der Waals surface area (Å²) in [7, 11) is 1.42. The summed E-state index contributed by atoms with van der Waals surface area (Å²) in [5.74, 6) is 0.441. The maximum absolute atomic E-state index is 5.72. The van der Waals surface area contributed by atoms with E-state index in [4.69, 9.17) is 26.8 Å². The molecule has 0 radical (unpaired) electrons. The van der Waals surface area contributed by atoms with Gasteiger partial charge in [-0.05, 0) is 23.7 Å². The van der Waals surface area contributed by atoms with Crippen LogP contribution >= 0.6 is 11.6 Å². The molecule has 2 N–H and O–H groups in total. The van der Waals surface area contributed by atoms with E-state index in [9.17, 15) is 0 Å². The zero-order valence-corrected chi connectivity index (χ0v) is 9.68. The van der Waals surface area contributed by atoms with Crippen LogP contribution in [0.4, 0.5) is 5.69 Å². The highest BCUT2D eigenvalue weighted by Gasteiger charge is 2.08. The molecule has 0 amide bonds. The van der Waals surface area contributed by atoms with Crippen LogP contribution in [0, 0.1) is 0 Å². The molecule has 1 heterocycles. The molecule has 17 heavy (non-hydrogen) atoms. The smallest absolute Gasteiger partial charge is 0.329 e. The van der Waals surface area contributed by atoms with Crippen LogP contribution in [0.2, 0.25) is 5.28 Å². The molecule has 0 unspecified atom stereocenters. The van der Waals surface area contributed by atoms with E-state index in [1.165, 1.54) is 7.11 Å². The van der Waals surface area contributed by atoms with Crippen molar-refractivity contribution in [1.29, 1.82) is 0 Å². The van der Waals surface area contributed by atoms with Gasteiger partial charge in [0.05, 0.1) is 12.8 Å². The Morgan fingerprint density at radius 3 is 2.53 bits per heavy atom. The van der Waals surface area contributed by atoms with Crippen LogP contribution in [0.3, 0.4) is 0 Å². The van der Waals surface area contributed by atoms with Crippen molar-refractivity contribution in [3.05, 3.63) is 29.5 Å². The van der Waals surface area contributed by atoms with Gasteiger partial charge in [-0.2, -0.15) is 9.97 Å². The summed E-state index contributed by atoms with van der Waals surface area (Å²) < 4.78 is 10.2. The van der Waals surface area contributed by atoms with Crippen molar-refractivity contribution in [2.24, 2.45) is 0 Å². The number of halogens is 1. The molecule has 7 heteroatoms. The van der Waals surface area contributed by atoms with E-state index >= 15 is 0 Å². The second kappa shape index (κ2) is 4.84. The van der Waals surface area contributed by atoms with Crippen molar-refractivity contribution < 1.29 is 9.47 Å². The molecule has 0 atom stereocenters. The molecule has 1 aromatic heterocycles. The summed E-state index contributed by atoms with van der Waals surface area (Å²) in [4.78, 5) is 11.4. The average Bonchev–Trinajstić information content (AvgIpc) is 2.31. The Labute approximate surface area is 102 Å². The minimum atomic E-state index is -0.0126. The van der Waals surface area contributed by atoms with Crippen molar-refractivity contribution in [2.75, 3.05) is 12.8 Å². The highest BCUT2D eigenvalue weighted by molar-refractivity contribution is 6.28. The third kappa shape index (κ3) is 2.73. The molecule has 0 fully saturated rings. The topological polar surface area (TPSA) is 83.2 Å². The van der Waals surface area contributed by atoms with Crippen LogP contribution in [0.1, 0.15) is 0 Å². The van der Waals surface area contributed by atoms with Gasteiger partial charge in [-0.25, -0.2) is 0 Å². The number of hydrogen-bond donors (Lipinski definition) is 1. The number of para-hydroxylation sites is 2. The van der Waals surface area contributed by atoms with Gasteiger partial charge < -0.3 is 15.2 Å². The van der Waals surface area contributed by atoms with Crippen molar-refractivity contribution in [3.8, 4) is 17.8 Å². The van der Waals surface area contributed by atoms with Crippen molar-refractivity contribution in [3.63, 3.8) is 0 Å². The Bertz CT molecular complexity index is 535. The molecule has 2 rings (SSSR count). The lowest BCUT2D eigenvalue weighted by Crippen LogP contribution is -1.99. The number of methoxy groups -OCH3 is 1. The van der Waals surface area contributed by atoms with Crippen LogP contribution in [-0.4, -0.2) is 22.1 Å². The van der Waals surface area contributed by atoms with E-state index in [0.29, 0.717) is 11.4 Å². The molecule has 0 aliphatic carbocycles. The van der Waals surface area contributed by atoms with Crippen LogP contribution in [0.25, 0.3) is 0 Å². The first-order valence-corrected chi connectivity index (χ1v) is 5.05. The molecule has 88 valence electrons. The summed E-state index contributed by atoms with van der Waals surface area (Å²) in [6.45, 7) is 0. The third-order valence-corrected chi connectivity index (χ3v) is 2.04. The maximum Gasteiger partial charge on any atom is 0.329 e. The van der Waals surface area contributed by atoms with Crippen molar-refractivity contribution in [1.82, 2.24) is 15.0 Å². The number of nitrogens with two attached hydrogens (primary N) is 1. The molecule has 0 aliphatic rings. The van der Waals surface area contributed by atoms with E-state index < -0.39 is 0 Å². The summed E-state index contributed by atoms with van der Waals surface area (Å²) in [6, 6.07) is 7.08. The van der Waals surface area contributed by atoms with E-state index in [1.807, 2.05) is 0 Å². The molecular formula is C10H9ClN4O2. The van der Waals surface area contributed by atoms with Gasteiger partial charge in [-0.3, -0.25) is 0 Å². The van der Waals surface area contributed by atoms with Gasteiger partial charge in [0.15, 0.2) is 5.75 Å². The fourth-order valence-corrected chi connectivity index (χ4v) is 1.27. The molecule has 2 aromatic rings. The third-order valence-electron chi connectivity index (χ3n) is 1.87. The summed E-state index contributed by atoms with van der Waals surface area (Å²) in [5, 5.41) is -0.0126. The number of benzene rings is 1. The van der Waals surface area contributed by atoms with Crippen LogP contribution < -0.4 is 15.2 Å². The zero-order chi connectivity index (χ0) is 12.3.